The monoisotopic (exact) mass is 368 g/mol. The number of carbonyl (C=O) groups excluding carboxylic acids is 1. The molecule has 27 heavy (non-hydrogen) atoms. The van der Waals surface area contributed by atoms with Gasteiger partial charge in [0.2, 0.25) is 5.91 Å². The van der Waals surface area contributed by atoms with Crippen LogP contribution in [0.4, 0.5) is 5.69 Å². The lowest BCUT2D eigenvalue weighted by Crippen LogP contribution is -2.40. The van der Waals surface area contributed by atoms with Crippen LogP contribution in [-0.2, 0) is 11.2 Å². The number of aromatic nitrogens is 2. The summed E-state index contributed by atoms with van der Waals surface area (Å²) in [5.41, 5.74) is 4.22. The first-order valence-electron chi connectivity index (χ1n) is 9.85. The number of ether oxygens (including phenoxy) is 1. The first-order chi connectivity index (χ1) is 13.1. The minimum Gasteiger partial charge on any atom is -0.496 e. The highest BCUT2D eigenvalue weighted by Gasteiger charge is 2.29. The van der Waals surface area contributed by atoms with E-state index in [1.807, 2.05) is 11.1 Å². The molecule has 1 atom stereocenters. The molecule has 144 valence electrons. The number of nitrogens with one attached hydrogen (secondary N) is 1. The molecule has 1 aromatic carbocycles. The molecule has 2 aliphatic rings. The van der Waals surface area contributed by atoms with Crippen molar-refractivity contribution in [1.82, 2.24) is 15.1 Å². The van der Waals surface area contributed by atoms with Crippen molar-refractivity contribution in [2.45, 2.75) is 51.6 Å². The molecule has 0 aliphatic carbocycles. The van der Waals surface area contributed by atoms with Crippen molar-refractivity contribution in [3.63, 3.8) is 0 Å². The molecular weight excluding hydrogens is 340 g/mol. The fourth-order valence-corrected chi connectivity index (χ4v) is 4.49. The molecule has 6 heteroatoms. The molecule has 0 spiro atoms. The first-order valence-corrected chi connectivity index (χ1v) is 9.85. The summed E-state index contributed by atoms with van der Waals surface area (Å²) in [7, 11) is 1.71. The zero-order valence-electron chi connectivity index (χ0n) is 16.4. The van der Waals surface area contributed by atoms with Crippen molar-refractivity contribution < 1.29 is 9.53 Å². The number of anilines is 1. The van der Waals surface area contributed by atoms with E-state index < -0.39 is 0 Å². The lowest BCUT2D eigenvalue weighted by atomic mass is 9.92. The van der Waals surface area contributed by atoms with Crippen LogP contribution in [0.5, 0.6) is 5.75 Å². The Balaban J connectivity index is 1.72. The molecule has 1 saturated heterocycles. The predicted molar refractivity (Wildman–Crippen MR) is 106 cm³/mol. The number of hydrogen-bond acceptors (Lipinski definition) is 4. The quantitative estimate of drug-likeness (QED) is 0.904. The van der Waals surface area contributed by atoms with Crippen molar-refractivity contribution in [3.8, 4) is 16.9 Å². The van der Waals surface area contributed by atoms with Crippen LogP contribution in [-0.4, -0.2) is 41.9 Å². The minimum absolute atomic E-state index is 0.0805. The number of hydrogen-bond donors (Lipinski definition) is 1. The zero-order chi connectivity index (χ0) is 19.0. The number of methoxy groups -OCH3 is 1. The van der Waals surface area contributed by atoms with Gasteiger partial charge in [0.25, 0.3) is 0 Å². The van der Waals surface area contributed by atoms with Crippen LogP contribution in [0.1, 0.15) is 44.7 Å². The molecule has 6 nitrogen and oxygen atoms in total. The lowest BCUT2D eigenvalue weighted by molar-refractivity contribution is -0.117. The summed E-state index contributed by atoms with van der Waals surface area (Å²) in [6, 6.07) is 4.80. The predicted octanol–water partition coefficient (Wildman–Crippen LogP) is 3.17. The Labute approximate surface area is 160 Å². The smallest absolute Gasteiger partial charge is 0.224 e. The van der Waals surface area contributed by atoms with Crippen molar-refractivity contribution >= 4 is 11.6 Å². The second-order valence-electron chi connectivity index (χ2n) is 7.61. The Kier molecular flexibility index (Phi) is 4.91. The standard InChI is InChI=1S/C21H28N4O2/c1-14-4-5-19-20(25(14)15(2)26)7-6-18(21(19)27-3)16-12-23-24(13-16)17-8-10-22-11-9-17/h6-7,12-14,17,22H,4-5,8-11H2,1-3H3. The van der Waals surface area contributed by atoms with E-state index in [1.165, 1.54) is 0 Å². The van der Waals surface area contributed by atoms with Crippen molar-refractivity contribution in [2.75, 3.05) is 25.1 Å². The molecule has 3 heterocycles. The van der Waals surface area contributed by atoms with Gasteiger partial charge in [-0.1, -0.05) is 0 Å². The highest BCUT2D eigenvalue weighted by Crippen LogP contribution is 2.42. The van der Waals surface area contributed by atoms with Gasteiger partial charge in [-0.25, -0.2) is 0 Å². The van der Waals surface area contributed by atoms with E-state index in [-0.39, 0.29) is 11.9 Å². The van der Waals surface area contributed by atoms with E-state index in [0.29, 0.717) is 6.04 Å². The van der Waals surface area contributed by atoms with E-state index in [2.05, 4.69) is 40.4 Å². The Morgan fingerprint density at radius 1 is 1.26 bits per heavy atom. The third-order valence-corrected chi connectivity index (χ3v) is 5.89. The lowest BCUT2D eigenvalue weighted by Gasteiger charge is -2.35. The van der Waals surface area contributed by atoms with Gasteiger partial charge in [0, 0.05) is 35.9 Å². The highest BCUT2D eigenvalue weighted by atomic mass is 16.5. The Morgan fingerprint density at radius 2 is 2.04 bits per heavy atom. The molecule has 2 aromatic rings. The van der Waals surface area contributed by atoms with Crippen LogP contribution in [0.2, 0.25) is 0 Å². The normalized spacial score (nSPS) is 20.4. The zero-order valence-corrected chi connectivity index (χ0v) is 16.4. The van der Waals surface area contributed by atoms with Crippen LogP contribution < -0.4 is 15.0 Å². The van der Waals surface area contributed by atoms with Crippen LogP contribution >= 0.6 is 0 Å². The van der Waals surface area contributed by atoms with Gasteiger partial charge in [0.15, 0.2) is 0 Å². The number of nitrogens with zero attached hydrogens (tertiary/aromatic N) is 3. The SMILES string of the molecule is COc1c(-c2cnn(C3CCNCC3)c2)ccc2c1CCC(C)N2C(C)=O. The second kappa shape index (κ2) is 7.35. The average molecular weight is 368 g/mol. The van der Waals surface area contributed by atoms with E-state index in [9.17, 15) is 4.79 Å². The van der Waals surface area contributed by atoms with E-state index in [4.69, 9.17) is 4.74 Å². The third kappa shape index (κ3) is 3.23. The fraction of sp³-hybridized carbons (Fsp3) is 0.524. The summed E-state index contributed by atoms with van der Waals surface area (Å²) in [5.74, 6) is 0.951. The third-order valence-electron chi connectivity index (χ3n) is 5.89. The molecule has 1 fully saturated rings. The molecule has 1 aromatic heterocycles. The van der Waals surface area contributed by atoms with E-state index >= 15 is 0 Å². The molecule has 4 rings (SSSR count). The number of rotatable bonds is 3. The Hall–Kier alpha value is -2.34. The number of benzene rings is 1. The fourth-order valence-electron chi connectivity index (χ4n) is 4.49. The minimum atomic E-state index is 0.0805. The summed E-state index contributed by atoms with van der Waals surface area (Å²) < 4.78 is 7.93. The Morgan fingerprint density at radius 3 is 2.74 bits per heavy atom. The summed E-state index contributed by atoms with van der Waals surface area (Å²) in [4.78, 5) is 14.1. The first kappa shape index (κ1) is 18.0. The second-order valence-corrected chi connectivity index (χ2v) is 7.61. The van der Waals surface area contributed by atoms with Crippen LogP contribution in [0.25, 0.3) is 11.1 Å². The highest BCUT2D eigenvalue weighted by molar-refractivity contribution is 5.95. The number of amides is 1. The van der Waals surface area contributed by atoms with Gasteiger partial charge in [0.1, 0.15) is 5.75 Å². The maximum absolute atomic E-state index is 12.2. The van der Waals surface area contributed by atoms with Gasteiger partial charge in [-0.15, -0.1) is 0 Å². The Bertz CT molecular complexity index is 839. The van der Waals surface area contributed by atoms with E-state index in [0.717, 1.165) is 66.9 Å². The van der Waals surface area contributed by atoms with Gasteiger partial charge >= 0.3 is 0 Å². The van der Waals surface area contributed by atoms with Crippen LogP contribution in [0.15, 0.2) is 24.5 Å². The maximum Gasteiger partial charge on any atom is 0.224 e. The summed E-state index contributed by atoms with van der Waals surface area (Å²) in [5, 5.41) is 8.03. The van der Waals surface area contributed by atoms with Crippen molar-refractivity contribution in [2.24, 2.45) is 0 Å². The molecule has 1 amide bonds. The van der Waals surface area contributed by atoms with Gasteiger partial charge in [-0.05, 0) is 57.8 Å². The molecule has 0 radical (unpaired) electrons. The van der Waals surface area contributed by atoms with Crippen molar-refractivity contribution in [1.29, 1.82) is 0 Å². The molecule has 1 unspecified atom stereocenters. The summed E-state index contributed by atoms with van der Waals surface area (Å²) in [6.07, 6.45) is 8.14. The molecule has 0 bridgehead atoms. The number of piperidine rings is 1. The summed E-state index contributed by atoms with van der Waals surface area (Å²) in [6.45, 7) is 5.82. The molecule has 0 saturated carbocycles. The van der Waals surface area contributed by atoms with Gasteiger partial charge < -0.3 is 15.0 Å². The van der Waals surface area contributed by atoms with Gasteiger partial charge in [0.05, 0.1) is 25.0 Å². The summed E-state index contributed by atoms with van der Waals surface area (Å²) >= 11 is 0. The number of carbonyl (C=O) groups is 1. The average Bonchev–Trinajstić information content (AvgIpc) is 3.17. The maximum atomic E-state index is 12.2. The van der Waals surface area contributed by atoms with Gasteiger partial charge in [-0.2, -0.15) is 5.10 Å². The number of fused-ring (bicyclic) bond motifs is 1. The van der Waals surface area contributed by atoms with E-state index in [1.54, 1.807) is 14.0 Å². The van der Waals surface area contributed by atoms with Crippen molar-refractivity contribution in [3.05, 3.63) is 30.1 Å². The van der Waals surface area contributed by atoms with Crippen LogP contribution in [0.3, 0.4) is 0 Å². The molecule has 2 aliphatic heterocycles. The van der Waals surface area contributed by atoms with Gasteiger partial charge in [-0.3, -0.25) is 9.48 Å². The molecule has 1 N–H and O–H groups in total. The largest absolute Gasteiger partial charge is 0.496 e. The topological polar surface area (TPSA) is 59.4 Å². The molecular formula is C21H28N4O2. The van der Waals surface area contributed by atoms with Crippen LogP contribution in [0, 0.1) is 0 Å².